The number of ether oxygens (including phenoxy) is 2. The summed E-state index contributed by atoms with van der Waals surface area (Å²) < 4.78 is 11.1. The molecule has 8 N–H and O–H groups in total. The van der Waals surface area contributed by atoms with E-state index in [1.54, 1.807) is 12.1 Å². The zero-order chi connectivity index (χ0) is 29.5. The molecule has 2 aromatic rings. The molecule has 1 saturated heterocycles. The fourth-order valence-corrected chi connectivity index (χ4v) is 3.67. The molecule has 11 nitrogen and oxygen atoms in total. The Morgan fingerprint density at radius 2 is 1.54 bits per heavy atom. The molecule has 0 aromatic heterocycles. The van der Waals surface area contributed by atoms with Gasteiger partial charge in [-0.1, -0.05) is 35.9 Å². The van der Waals surface area contributed by atoms with Crippen LogP contribution in [0.25, 0.3) is 0 Å². The number of aliphatic hydroxyl groups is 7. The van der Waals surface area contributed by atoms with Gasteiger partial charge in [-0.15, -0.1) is 0 Å². The van der Waals surface area contributed by atoms with Gasteiger partial charge in [0.2, 0.25) is 0 Å². The van der Waals surface area contributed by atoms with Gasteiger partial charge in [-0.2, -0.15) is 0 Å². The van der Waals surface area contributed by atoms with Gasteiger partial charge in [0.15, 0.2) is 0 Å². The van der Waals surface area contributed by atoms with Crippen LogP contribution in [0.15, 0.2) is 42.5 Å². The van der Waals surface area contributed by atoms with Crippen molar-refractivity contribution in [2.24, 2.45) is 0 Å². The second kappa shape index (κ2) is 18.5. The number of hydrogen-bond acceptors (Lipinski definition) is 11. The molecule has 0 unspecified atom stereocenters. The number of aliphatic hydroxyl groups excluding tert-OH is 7. The molecule has 1 fully saturated rings. The lowest BCUT2D eigenvalue weighted by Crippen LogP contribution is -2.55. The third-order valence-electron chi connectivity index (χ3n) is 5.50. The molecule has 1 aliphatic rings. The van der Waals surface area contributed by atoms with Crippen LogP contribution in [0.3, 0.4) is 0 Å². The molecule has 2 aromatic carbocycles. The molecule has 0 saturated carbocycles. The number of rotatable bonds is 9. The maximum atomic E-state index is 10.3. The van der Waals surface area contributed by atoms with Crippen LogP contribution in [0.2, 0.25) is 5.02 Å². The predicted octanol–water partition coefficient (Wildman–Crippen LogP) is 1.06. The standard InChI is InChI=1S/C21H25ClO6.C3H8O3.C3H8O2/c1-2-27-15-6-3-12(4-7-15)9-14-10-13(5-8-16(14)22)21-20(26)19(25)18(24)17(11-23)28-21;1-3(4)2-6-5;1-3(5)2-4/h3-8,10,17-21,23-26H,2,9,11H2,1H3;3-5H,2H2,1H3;3-5H,2H2,1H3/t17-,18-,19+,20-,21+;2*3-/m100/s1. The summed E-state index contributed by atoms with van der Waals surface area (Å²) in [6, 6.07) is 12.9. The summed E-state index contributed by atoms with van der Waals surface area (Å²) in [6.45, 7) is 4.97. The summed E-state index contributed by atoms with van der Waals surface area (Å²) in [6.07, 6.45) is -6.52. The highest BCUT2D eigenvalue weighted by atomic mass is 35.5. The fraction of sp³-hybridized carbons (Fsp3) is 0.556. The van der Waals surface area contributed by atoms with Gasteiger partial charge in [0, 0.05) is 5.02 Å². The van der Waals surface area contributed by atoms with Gasteiger partial charge in [0.1, 0.15) is 42.9 Å². The summed E-state index contributed by atoms with van der Waals surface area (Å²) in [7, 11) is 0. The van der Waals surface area contributed by atoms with Crippen molar-refractivity contribution in [1.82, 2.24) is 0 Å². The quantitative estimate of drug-likeness (QED) is 0.157. The van der Waals surface area contributed by atoms with Crippen molar-refractivity contribution in [2.75, 3.05) is 26.4 Å². The Bertz CT molecular complexity index is 924. The lowest BCUT2D eigenvalue weighted by Gasteiger charge is -2.40. The molecule has 1 heterocycles. The fourth-order valence-electron chi connectivity index (χ4n) is 3.48. The van der Waals surface area contributed by atoms with E-state index in [0.29, 0.717) is 23.6 Å². The Kier molecular flexibility index (Phi) is 16.7. The molecular weight excluding hydrogens is 536 g/mol. The molecule has 0 aliphatic carbocycles. The third-order valence-corrected chi connectivity index (χ3v) is 5.87. The molecule has 12 heteroatoms. The zero-order valence-corrected chi connectivity index (χ0v) is 23.1. The molecule has 0 amide bonds. The molecule has 39 heavy (non-hydrogen) atoms. The molecule has 3 rings (SSSR count). The summed E-state index contributed by atoms with van der Waals surface area (Å²) >= 11 is 6.35. The van der Waals surface area contributed by atoms with Crippen LogP contribution in [-0.2, 0) is 16.0 Å². The summed E-state index contributed by atoms with van der Waals surface area (Å²) in [5, 5.41) is 72.1. The van der Waals surface area contributed by atoms with Gasteiger partial charge in [0.25, 0.3) is 0 Å². The van der Waals surface area contributed by atoms with Gasteiger partial charge in [0.05, 0.1) is 32.0 Å². The Balaban J connectivity index is 0.000000584. The second-order valence-corrected chi connectivity index (χ2v) is 9.44. The van der Waals surface area contributed by atoms with Crippen molar-refractivity contribution in [3.8, 4) is 5.75 Å². The summed E-state index contributed by atoms with van der Waals surface area (Å²) in [4.78, 5) is 3.55. The second-order valence-electron chi connectivity index (χ2n) is 9.03. The Labute approximate surface area is 233 Å². The first kappa shape index (κ1) is 35.2. The zero-order valence-electron chi connectivity index (χ0n) is 22.3. The highest BCUT2D eigenvalue weighted by molar-refractivity contribution is 6.31. The van der Waals surface area contributed by atoms with Crippen LogP contribution >= 0.6 is 11.6 Å². The lowest BCUT2D eigenvalue weighted by atomic mass is 9.90. The number of hydrogen-bond donors (Lipinski definition) is 8. The topological polar surface area (TPSA) is 190 Å². The van der Waals surface area contributed by atoms with Crippen LogP contribution in [0.5, 0.6) is 5.75 Å². The van der Waals surface area contributed by atoms with Crippen molar-refractivity contribution < 1.29 is 55.4 Å². The minimum absolute atomic E-state index is 0.0139. The smallest absolute Gasteiger partial charge is 0.119 e. The molecule has 222 valence electrons. The Hall–Kier alpha value is -1.87. The van der Waals surface area contributed by atoms with Gasteiger partial charge in [-0.05, 0) is 62.1 Å². The third kappa shape index (κ3) is 12.0. The molecule has 0 radical (unpaired) electrons. The van der Waals surface area contributed by atoms with Gasteiger partial charge < -0.3 is 45.2 Å². The van der Waals surface area contributed by atoms with Crippen molar-refractivity contribution in [2.45, 2.75) is 69.9 Å². The SMILES string of the molecule is CCOc1ccc(Cc2cc([C@@H]3O[C@H](CO)[C@@H](O)[C@H](O)[C@H]3O)ccc2Cl)cc1.C[C@H](O)CO.C[C@H](O)COO. The highest BCUT2D eigenvalue weighted by Crippen LogP contribution is 2.34. The van der Waals surface area contributed by atoms with Crippen LogP contribution in [-0.4, -0.2) is 104 Å². The lowest BCUT2D eigenvalue weighted by molar-refractivity contribution is -0.255. The molecule has 7 atom stereocenters. The highest BCUT2D eigenvalue weighted by Gasteiger charge is 2.44. The van der Waals surface area contributed by atoms with E-state index in [1.807, 2.05) is 37.3 Å². The summed E-state index contributed by atoms with van der Waals surface area (Å²) in [5.74, 6) is 0.799. The normalized spacial score (nSPS) is 23.9. The van der Waals surface area contributed by atoms with E-state index in [4.69, 9.17) is 41.7 Å². The van der Waals surface area contributed by atoms with Gasteiger partial charge >= 0.3 is 0 Å². The predicted molar refractivity (Wildman–Crippen MR) is 144 cm³/mol. The number of benzene rings is 2. The van der Waals surface area contributed by atoms with E-state index in [1.165, 1.54) is 13.8 Å². The van der Waals surface area contributed by atoms with E-state index in [-0.39, 0.29) is 13.2 Å². The van der Waals surface area contributed by atoms with Gasteiger partial charge in [-0.3, -0.25) is 5.26 Å². The van der Waals surface area contributed by atoms with Crippen LogP contribution in [0.4, 0.5) is 0 Å². The maximum absolute atomic E-state index is 10.3. The minimum atomic E-state index is -1.42. The molecular formula is C27H41ClO11. The van der Waals surface area contributed by atoms with E-state index in [0.717, 1.165) is 16.9 Å². The van der Waals surface area contributed by atoms with E-state index < -0.39 is 49.3 Å². The van der Waals surface area contributed by atoms with E-state index >= 15 is 0 Å². The average molecular weight is 577 g/mol. The van der Waals surface area contributed by atoms with Crippen molar-refractivity contribution in [3.05, 3.63) is 64.2 Å². The first-order valence-electron chi connectivity index (χ1n) is 12.5. The van der Waals surface area contributed by atoms with Crippen LogP contribution in [0, 0.1) is 0 Å². The molecule has 1 aliphatic heterocycles. The number of halogens is 1. The Morgan fingerprint density at radius 1 is 0.923 bits per heavy atom. The summed E-state index contributed by atoms with van der Waals surface area (Å²) in [5.41, 5.74) is 2.49. The van der Waals surface area contributed by atoms with Gasteiger partial charge in [-0.25, -0.2) is 4.89 Å². The van der Waals surface area contributed by atoms with E-state index in [9.17, 15) is 20.4 Å². The molecule has 0 bridgehead atoms. The van der Waals surface area contributed by atoms with Crippen LogP contribution < -0.4 is 4.74 Å². The van der Waals surface area contributed by atoms with Crippen molar-refractivity contribution >= 4 is 11.6 Å². The minimum Gasteiger partial charge on any atom is -0.494 e. The van der Waals surface area contributed by atoms with Crippen molar-refractivity contribution in [3.63, 3.8) is 0 Å². The first-order valence-corrected chi connectivity index (χ1v) is 12.9. The van der Waals surface area contributed by atoms with E-state index in [2.05, 4.69) is 4.89 Å². The first-order chi connectivity index (χ1) is 18.5. The maximum Gasteiger partial charge on any atom is 0.119 e. The van der Waals surface area contributed by atoms with Crippen molar-refractivity contribution in [1.29, 1.82) is 0 Å². The monoisotopic (exact) mass is 576 g/mol. The Morgan fingerprint density at radius 3 is 2.00 bits per heavy atom. The molecule has 0 spiro atoms. The van der Waals surface area contributed by atoms with Crippen LogP contribution in [0.1, 0.15) is 43.6 Å². The largest absolute Gasteiger partial charge is 0.494 e. The average Bonchev–Trinajstić information content (AvgIpc) is 2.91.